The molecule has 1 N–H and O–H groups in total. The third kappa shape index (κ3) is 3.91. The molecule has 0 saturated carbocycles. The standard InChI is InChI=1S/C14H16ClNO3S/c1-11-4-5-12-6-7-13(15)10-14(12)16(11)8-2-3-9-20(17,18)19/h4-7,10H,2-3,8-9H2,1H3/p+1. The molecule has 1 aromatic carbocycles. The fraction of sp³-hybridized carbons (Fsp3) is 0.357. The average Bonchev–Trinajstić information content (AvgIpc) is 2.35. The predicted octanol–water partition coefficient (Wildman–Crippen LogP) is 2.76. The first-order valence-corrected chi connectivity index (χ1v) is 8.39. The quantitative estimate of drug-likeness (QED) is 0.524. The van der Waals surface area contributed by atoms with E-state index in [0.717, 1.165) is 16.6 Å². The molecule has 0 aliphatic rings. The number of pyridine rings is 1. The molecule has 4 nitrogen and oxygen atoms in total. The van der Waals surface area contributed by atoms with Crippen LogP contribution in [-0.4, -0.2) is 18.7 Å². The number of fused-ring (bicyclic) bond motifs is 1. The van der Waals surface area contributed by atoms with Crippen LogP contribution >= 0.6 is 11.6 Å². The molecule has 108 valence electrons. The first-order chi connectivity index (χ1) is 9.37. The minimum absolute atomic E-state index is 0.196. The zero-order chi connectivity index (χ0) is 14.8. The van der Waals surface area contributed by atoms with Gasteiger partial charge in [0.15, 0.2) is 5.69 Å². The van der Waals surface area contributed by atoms with Gasteiger partial charge < -0.3 is 0 Å². The third-order valence-electron chi connectivity index (χ3n) is 3.25. The molecule has 0 aliphatic heterocycles. The van der Waals surface area contributed by atoms with Crippen LogP contribution in [0.3, 0.4) is 0 Å². The van der Waals surface area contributed by atoms with E-state index in [0.29, 0.717) is 24.4 Å². The lowest BCUT2D eigenvalue weighted by Crippen LogP contribution is -2.38. The van der Waals surface area contributed by atoms with Crippen molar-refractivity contribution >= 4 is 32.6 Å². The zero-order valence-corrected chi connectivity index (χ0v) is 12.8. The molecule has 0 spiro atoms. The van der Waals surface area contributed by atoms with Crippen molar-refractivity contribution in [1.29, 1.82) is 0 Å². The lowest BCUT2D eigenvalue weighted by molar-refractivity contribution is -0.677. The fourth-order valence-electron chi connectivity index (χ4n) is 2.23. The number of unbranched alkanes of at least 4 members (excludes halogenated alkanes) is 1. The van der Waals surface area contributed by atoms with Gasteiger partial charge in [-0.05, 0) is 24.6 Å². The van der Waals surface area contributed by atoms with Crippen LogP contribution in [0.1, 0.15) is 18.5 Å². The van der Waals surface area contributed by atoms with Crippen molar-refractivity contribution in [2.45, 2.75) is 26.3 Å². The highest BCUT2D eigenvalue weighted by Gasteiger charge is 2.13. The second kappa shape index (κ2) is 6.08. The van der Waals surface area contributed by atoms with Gasteiger partial charge in [-0.1, -0.05) is 11.6 Å². The summed E-state index contributed by atoms with van der Waals surface area (Å²) in [5, 5.41) is 1.77. The van der Waals surface area contributed by atoms with Crippen molar-refractivity contribution in [3.8, 4) is 0 Å². The van der Waals surface area contributed by atoms with Gasteiger partial charge in [0.05, 0.1) is 5.75 Å². The Bertz CT molecular complexity index is 723. The van der Waals surface area contributed by atoms with Crippen LogP contribution in [0.2, 0.25) is 5.02 Å². The molecule has 0 saturated heterocycles. The Morgan fingerprint density at radius 2 is 1.90 bits per heavy atom. The summed E-state index contributed by atoms with van der Waals surface area (Å²) in [5.41, 5.74) is 2.12. The third-order valence-corrected chi connectivity index (χ3v) is 4.29. The molecular weight excluding hydrogens is 298 g/mol. The monoisotopic (exact) mass is 314 g/mol. The molecule has 0 radical (unpaired) electrons. The highest BCUT2D eigenvalue weighted by Crippen LogP contribution is 2.17. The van der Waals surface area contributed by atoms with E-state index in [4.69, 9.17) is 16.2 Å². The number of hydrogen-bond acceptors (Lipinski definition) is 2. The highest BCUT2D eigenvalue weighted by molar-refractivity contribution is 7.85. The van der Waals surface area contributed by atoms with Crippen LogP contribution in [0.5, 0.6) is 0 Å². The summed E-state index contributed by atoms with van der Waals surface area (Å²) in [7, 11) is -3.87. The lowest BCUT2D eigenvalue weighted by Gasteiger charge is -2.05. The number of hydrogen-bond donors (Lipinski definition) is 1. The van der Waals surface area contributed by atoms with Crippen LogP contribution in [0, 0.1) is 6.92 Å². The van der Waals surface area contributed by atoms with Gasteiger partial charge in [0.1, 0.15) is 6.54 Å². The van der Waals surface area contributed by atoms with Crippen molar-refractivity contribution in [3.05, 3.63) is 41.0 Å². The minimum Gasteiger partial charge on any atom is -0.286 e. The number of aromatic nitrogens is 1. The maximum atomic E-state index is 10.7. The SMILES string of the molecule is Cc1ccc2ccc(Cl)cc2[n+]1CCCCS(=O)(=O)O. The highest BCUT2D eigenvalue weighted by atomic mass is 35.5. The number of aryl methyl sites for hydroxylation is 2. The van der Waals surface area contributed by atoms with Gasteiger partial charge >= 0.3 is 0 Å². The Kier molecular flexibility index (Phi) is 4.62. The Hall–Kier alpha value is -1.17. The summed E-state index contributed by atoms with van der Waals surface area (Å²) in [6, 6.07) is 9.79. The fourth-order valence-corrected chi connectivity index (χ4v) is 2.97. The first-order valence-electron chi connectivity index (χ1n) is 6.41. The van der Waals surface area contributed by atoms with E-state index >= 15 is 0 Å². The van der Waals surface area contributed by atoms with E-state index in [1.807, 2.05) is 37.3 Å². The number of nitrogens with zero attached hydrogens (tertiary/aromatic N) is 1. The molecule has 0 bridgehead atoms. The summed E-state index contributed by atoms with van der Waals surface area (Å²) in [6.07, 6.45) is 1.11. The lowest BCUT2D eigenvalue weighted by atomic mass is 10.2. The Labute approximate surface area is 123 Å². The van der Waals surface area contributed by atoms with Gasteiger partial charge in [-0.15, -0.1) is 0 Å². The molecule has 1 aromatic heterocycles. The minimum atomic E-state index is -3.87. The summed E-state index contributed by atoms with van der Waals surface area (Å²) in [6.45, 7) is 2.70. The molecule has 6 heteroatoms. The smallest absolute Gasteiger partial charge is 0.264 e. The predicted molar refractivity (Wildman–Crippen MR) is 79.5 cm³/mol. The topological polar surface area (TPSA) is 58.2 Å². The van der Waals surface area contributed by atoms with E-state index in [-0.39, 0.29) is 5.75 Å². The zero-order valence-electron chi connectivity index (χ0n) is 11.2. The average molecular weight is 315 g/mol. The Morgan fingerprint density at radius 1 is 1.20 bits per heavy atom. The largest absolute Gasteiger partial charge is 0.286 e. The molecule has 0 amide bonds. The van der Waals surface area contributed by atoms with Gasteiger partial charge in [0.2, 0.25) is 5.52 Å². The van der Waals surface area contributed by atoms with E-state index in [2.05, 4.69) is 4.57 Å². The molecule has 2 rings (SSSR count). The van der Waals surface area contributed by atoms with Crippen LogP contribution in [0.15, 0.2) is 30.3 Å². The molecular formula is C14H17ClNO3S+. The van der Waals surface area contributed by atoms with Crippen molar-refractivity contribution in [2.24, 2.45) is 0 Å². The normalized spacial score (nSPS) is 11.9. The van der Waals surface area contributed by atoms with Gasteiger partial charge in [-0.2, -0.15) is 13.0 Å². The van der Waals surface area contributed by atoms with Gasteiger partial charge in [0.25, 0.3) is 10.1 Å². The van der Waals surface area contributed by atoms with E-state index in [9.17, 15) is 8.42 Å². The number of benzene rings is 1. The second-order valence-electron chi connectivity index (χ2n) is 4.82. The second-order valence-corrected chi connectivity index (χ2v) is 6.83. The Balaban J connectivity index is 2.20. The van der Waals surface area contributed by atoms with Crippen LogP contribution in [0.25, 0.3) is 10.9 Å². The van der Waals surface area contributed by atoms with Crippen LogP contribution < -0.4 is 4.57 Å². The van der Waals surface area contributed by atoms with E-state index in [1.54, 1.807) is 0 Å². The molecule has 0 atom stereocenters. The van der Waals surface area contributed by atoms with Crippen molar-refractivity contribution < 1.29 is 17.5 Å². The van der Waals surface area contributed by atoms with E-state index in [1.165, 1.54) is 0 Å². The maximum Gasteiger partial charge on any atom is 0.264 e. The van der Waals surface area contributed by atoms with Gasteiger partial charge in [0, 0.05) is 35.9 Å². The molecule has 0 unspecified atom stereocenters. The van der Waals surface area contributed by atoms with Crippen molar-refractivity contribution in [3.63, 3.8) is 0 Å². The van der Waals surface area contributed by atoms with Gasteiger partial charge in [-0.3, -0.25) is 4.55 Å². The van der Waals surface area contributed by atoms with Crippen molar-refractivity contribution in [1.82, 2.24) is 0 Å². The van der Waals surface area contributed by atoms with Crippen molar-refractivity contribution in [2.75, 3.05) is 5.75 Å². The number of rotatable bonds is 5. The number of halogens is 1. The molecule has 1 heterocycles. The molecule has 0 aliphatic carbocycles. The van der Waals surface area contributed by atoms with Crippen LogP contribution in [-0.2, 0) is 16.7 Å². The van der Waals surface area contributed by atoms with Crippen LogP contribution in [0.4, 0.5) is 0 Å². The Morgan fingerprint density at radius 3 is 2.60 bits per heavy atom. The summed E-state index contributed by atoms with van der Waals surface area (Å²) >= 11 is 6.04. The summed E-state index contributed by atoms with van der Waals surface area (Å²) in [4.78, 5) is 0. The molecule has 0 fully saturated rings. The first kappa shape index (κ1) is 15.2. The van der Waals surface area contributed by atoms with Gasteiger partial charge in [-0.25, -0.2) is 0 Å². The van der Waals surface area contributed by atoms with E-state index < -0.39 is 10.1 Å². The molecule has 2 aromatic rings. The molecule has 20 heavy (non-hydrogen) atoms. The summed E-state index contributed by atoms with van der Waals surface area (Å²) in [5.74, 6) is -0.196. The summed E-state index contributed by atoms with van der Waals surface area (Å²) < 4.78 is 32.2. The maximum absolute atomic E-state index is 10.7.